The van der Waals surface area contributed by atoms with E-state index in [4.69, 9.17) is 14.0 Å². The maximum atomic E-state index is 12.1. The molecule has 0 aliphatic carbocycles. The Hall–Kier alpha value is -1.25. The second-order valence-electron chi connectivity index (χ2n) is 5.41. The second kappa shape index (κ2) is 8.56. The van der Waals surface area contributed by atoms with Crippen LogP contribution in [-0.2, 0) is 14.0 Å². The van der Waals surface area contributed by atoms with Crippen molar-refractivity contribution in [2.45, 2.75) is 26.1 Å². The molecule has 1 aliphatic rings. The summed E-state index contributed by atoms with van der Waals surface area (Å²) < 4.78 is 56.9. The van der Waals surface area contributed by atoms with Crippen LogP contribution in [0.5, 0.6) is 5.75 Å². The lowest BCUT2D eigenvalue weighted by Gasteiger charge is -2.27. The van der Waals surface area contributed by atoms with Crippen LogP contribution in [0.2, 0.25) is 0 Å². The van der Waals surface area contributed by atoms with E-state index >= 15 is 0 Å². The molecule has 4 nitrogen and oxygen atoms in total. The van der Waals surface area contributed by atoms with Crippen LogP contribution >= 0.6 is 0 Å². The van der Waals surface area contributed by atoms with Gasteiger partial charge in [0.25, 0.3) is 0 Å². The second-order valence-corrected chi connectivity index (χ2v) is 5.41. The van der Waals surface area contributed by atoms with E-state index in [1.54, 1.807) is 0 Å². The standard InChI is InChI=1S/C15H20BF3O4/c1-2-3-8-20-9-12-10-21-16(22-11-12)13-4-6-14(7-5-13)23-15(17,18)19/h4-7,12H,2-3,8-11H2,1H3. The topological polar surface area (TPSA) is 36.9 Å². The third kappa shape index (κ3) is 6.41. The molecule has 1 aliphatic heterocycles. The third-order valence-electron chi connectivity index (χ3n) is 3.35. The van der Waals surface area contributed by atoms with Gasteiger partial charge < -0.3 is 18.8 Å². The Balaban J connectivity index is 1.76. The van der Waals surface area contributed by atoms with Crippen LogP contribution in [0.25, 0.3) is 0 Å². The first-order valence-corrected chi connectivity index (χ1v) is 7.64. The molecule has 2 rings (SSSR count). The van der Waals surface area contributed by atoms with Crippen molar-refractivity contribution in [1.82, 2.24) is 0 Å². The Morgan fingerprint density at radius 1 is 1.17 bits per heavy atom. The van der Waals surface area contributed by atoms with Gasteiger partial charge in [-0.1, -0.05) is 25.5 Å². The molecule has 1 heterocycles. The summed E-state index contributed by atoms with van der Waals surface area (Å²) in [5.41, 5.74) is 0.657. The van der Waals surface area contributed by atoms with E-state index in [1.807, 2.05) is 0 Å². The van der Waals surface area contributed by atoms with Crippen molar-refractivity contribution in [2.24, 2.45) is 5.92 Å². The maximum absolute atomic E-state index is 12.1. The van der Waals surface area contributed by atoms with E-state index in [9.17, 15) is 13.2 Å². The van der Waals surface area contributed by atoms with Crippen LogP contribution in [0.4, 0.5) is 13.2 Å². The quantitative estimate of drug-likeness (QED) is 0.568. The van der Waals surface area contributed by atoms with Crippen molar-refractivity contribution < 1.29 is 32.0 Å². The minimum atomic E-state index is -4.69. The molecule has 0 atom stereocenters. The van der Waals surface area contributed by atoms with Crippen molar-refractivity contribution in [3.05, 3.63) is 24.3 Å². The fourth-order valence-corrected chi connectivity index (χ4v) is 2.15. The summed E-state index contributed by atoms with van der Waals surface area (Å²) in [6.07, 6.45) is -2.57. The van der Waals surface area contributed by atoms with Crippen LogP contribution in [0.15, 0.2) is 24.3 Å². The zero-order chi connectivity index (χ0) is 16.7. The van der Waals surface area contributed by atoms with Gasteiger partial charge in [0.1, 0.15) is 5.75 Å². The Labute approximate surface area is 134 Å². The maximum Gasteiger partial charge on any atom is 0.573 e. The summed E-state index contributed by atoms with van der Waals surface area (Å²) in [5, 5.41) is 0. The van der Waals surface area contributed by atoms with E-state index in [0.717, 1.165) is 19.4 Å². The Kier molecular flexibility index (Phi) is 6.74. The highest BCUT2D eigenvalue weighted by atomic mass is 19.4. The molecule has 0 saturated carbocycles. The number of halogens is 3. The lowest BCUT2D eigenvalue weighted by Crippen LogP contribution is -2.45. The predicted octanol–water partition coefficient (Wildman–Crippen LogP) is 2.76. The first-order chi connectivity index (χ1) is 11.0. The lowest BCUT2D eigenvalue weighted by atomic mass is 9.77. The SMILES string of the molecule is CCCCOCC1COB(c2ccc(OC(F)(F)F)cc2)OC1. The molecular formula is C15H20BF3O4. The van der Waals surface area contributed by atoms with Gasteiger partial charge in [-0.3, -0.25) is 0 Å². The van der Waals surface area contributed by atoms with Gasteiger partial charge in [-0.2, -0.15) is 0 Å². The Morgan fingerprint density at radius 2 is 1.83 bits per heavy atom. The monoisotopic (exact) mass is 332 g/mol. The molecule has 0 radical (unpaired) electrons. The van der Waals surface area contributed by atoms with E-state index in [-0.39, 0.29) is 11.7 Å². The van der Waals surface area contributed by atoms with Gasteiger partial charge >= 0.3 is 13.5 Å². The van der Waals surface area contributed by atoms with Gasteiger partial charge in [0.15, 0.2) is 0 Å². The van der Waals surface area contributed by atoms with Crippen molar-refractivity contribution >= 4 is 12.6 Å². The Bertz CT molecular complexity index is 459. The highest BCUT2D eigenvalue weighted by Crippen LogP contribution is 2.21. The van der Waals surface area contributed by atoms with E-state index < -0.39 is 13.5 Å². The molecular weight excluding hydrogens is 312 g/mol. The average molecular weight is 332 g/mol. The number of alkyl halides is 3. The molecule has 0 bridgehead atoms. The summed E-state index contributed by atoms with van der Waals surface area (Å²) in [7, 11) is -0.568. The minimum absolute atomic E-state index is 0.177. The molecule has 1 aromatic carbocycles. The van der Waals surface area contributed by atoms with Crippen LogP contribution in [-0.4, -0.2) is 39.9 Å². The molecule has 8 heteroatoms. The Morgan fingerprint density at radius 3 is 2.39 bits per heavy atom. The number of hydrogen-bond donors (Lipinski definition) is 0. The van der Waals surface area contributed by atoms with E-state index in [0.29, 0.717) is 25.3 Å². The first-order valence-electron chi connectivity index (χ1n) is 7.64. The smallest absolute Gasteiger partial charge is 0.407 e. The third-order valence-corrected chi connectivity index (χ3v) is 3.35. The highest BCUT2D eigenvalue weighted by molar-refractivity contribution is 6.61. The van der Waals surface area contributed by atoms with Gasteiger partial charge in [-0.05, 0) is 24.0 Å². The molecule has 0 aromatic heterocycles. The predicted molar refractivity (Wildman–Crippen MR) is 79.6 cm³/mol. The number of unbranched alkanes of at least 4 members (excludes halogenated alkanes) is 1. The summed E-state index contributed by atoms with van der Waals surface area (Å²) in [5.74, 6) is -0.0878. The number of benzene rings is 1. The number of ether oxygens (including phenoxy) is 2. The summed E-state index contributed by atoms with van der Waals surface area (Å²) in [6, 6.07) is 5.50. The molecule has 23 heavy (non-hydrogen) atoms. The number of hydrogen-bond acceptors (Lipinski definition) is 4. The first kappa shape index (κ1) is 18.1. The van der Waals surface area contributed by atoms with Crippen molar-refractivity contribution in [3.63, 3.8) is 0 Å². The molecule has 0 spiro atoms. The molecule has 1 aromatic rings. The minimum Gasteiger partial charge on any atom is -0.407 e. The van der Waals surface area contributed by atoms with Gasteiger partial charge in [-0.15, -0.1) is 13.2 Å². The van der Waals surface area contributed by atoms with Gasteiger partial charge in [0.2, 0.25) is 0 Å². The van der Waals surface area contributed by atoms with Crippen LogP contribution < -0.4 is 10.2 Å². The molecule has 128 valence electrons. The van der Waals surface area contributed by atoms with Crippen LogP contribution in [0.1, 0.15) is 19.8 Å². The van der Waals surface area contributed by atoms with Crippen molar-refractivity contribution in [1.29, 1.82) is 0 Å². The molecule has 1 saturated heterocycles. The van der Waals surface area contributed by atoms with Gasteiger partial charge in [0.05, 0.1) is 6.61 Å². The molecule has 0 amide bonds. The fraction of sp³-hybridized carbons (Fsp3) is 0.600. The van der Waals surface area contributed by atoms with Crippen LogP contribution in [0, 0.1) is 5.92 Å². The van der Waals surface area contributed by atoms with E-state index in [2.05, 4.69) is 11.7 Å². The normalized spacial score (nSPS) is 16.6. The summed E-state index contributed by atoms with van der Waals surface area (Å²) in [4.78, 5) is 0. The molecule has 0 N–H and O–H groups in total. The average Bonchev–Trinajstić information content (AvgIpc) is 2.52. The number of rotatable bonds is 7. The van der Waals surface area contributed by atoms with Gasteiger partial charge in [0, 0.05) is 25.7 Å². The molecule has 0 unspecified atom stereocenters. The van der Waals surface area contributed by atoms with E-state index in [1.165, 1.54) is 24.3 Å². The summed E-state index contributed by atoms with van der Waals surface area (Å²) >= 11 is 0. The van der Waals surface area contributed by atoms with Crippen molar-refractivity contribution in [3.8, 4) is 5.75 Å². The fourth-order valence-electron chi connectivity index (χ4n) is 2.15. The largest absolute Gasteiger partial charge is 0.573 e. The van der Waals surface area contributed by atoms with Crippen LogP contribution in [0.3, 0.4) is 0 Å². The van der Waals surface area contributed by atoms with Gasteiger partial charge in [-0.25, -0.2) is 0 Å². The summed E-state index contributed by atoms with van der Waals surface area (Å²) in [6.45, 7) is 4.42. The zero-order valence-electron chi connectivity index (χ0n) is 13.0. The highest BCUT2D eigenvalue weighted by Gasteiger charge is 2.32. The lowest BCUT2D eigenvalue weighted by molar-refractivity contribution is -0.274. The van der Waals surface area contributed by atoms with Crippen molar-refractivity contribution in [2.75, 3.05) is 26.4 Å². The molecule has 1 fully saturated rings. The zero-order valence-corrected chi connectivity index (χ0v) is 13.0.